The van der Waals surface area contributed by atoms with Crippen molar-refractivity contribution in [3.8, 4) is 22.6 Å². The molecule has 2 aliphatic rings. The van der Waals surface area contributed by atoms with E-state index in [1.165, 1.54) is 0 Å². The van der Waals surface area contributed by atoms with E-state index in [4.69, 9.17) is 9.72 Å². The summed E-state index contributed by atoms with van der Waals surface area (Å²) in [5.41, 5.74) is 5.20. The summed E-state index contributed by atoms with van der Waals surface area (Å²) in [7, 11) is 0. The molecule has 1 aromatic carbocycles. The minimum Gasteiger partial charge on any atom is -0.378 e. The van der Waals surface area contributed by atoms with Crippen LogP contribution in [-0.2, 0) is 21.5 Å². The summed E-state index contributed by atoms with van der Waals surface area (Å²) in [5.74, 6) is 1.51. The molecule has 1 unspecified atom stereocenters. The lowest BCUT2D eigenvalue weighted by atomic mass is 9.78. The molecule has 0 saturated carbocycles. The fourth-order valence-electron chi connectivity index (χ4n) is 5.39. The van der Waals surface area contributed by atoms with Crippen LogP contribution >= 0.6 is 0 Å². The average Bonchev–Trinajstić information content (AvgIpc) is 3.60. The van der Waals surface area contributed by atoms with Gasteiger partial charge in [-0.3, -0.25) is 4.79 Å². The minimum atomic E-state index is -0.614. The Morgan fingerprint density at radius 2 is 2.00 bits per heavy atom. The van der Waals surface area contributed by atoms with E-state index in [0.717, 1.165) is 71.8 Å². The highest BCUT2D eigenvalue weighted by atomic mass is 16.5. The number of carbonyl (C=O) groups is 1. The first-order valence-corrected chi connectivity index (χ1v) is 12.6. The Hall–Kier alpha value is -3.72. The largest absolute Gasteiger partial charge is 0.378 e. The van der Waals surface area contributed by atoms with Gasteiger partial charge in [-0.25, -0.2) is 24.9 Å². The van der Waals surface area contributed by atoms with Gasteiger partial charge in [0.2, 0.25) is 5.91 Å². The third-order valence-electron chi connectivity index (χ3n) is 7.51. The van der Waals surface area contributed by atoms with Crippen LogP contribution in [0.1, 0.15) is 50.9 Å². The second kappa shape index (κ2) is 8.74. The van der Waals surface area contributed by atoms with Crippen LogP contribution in [0.25, 0.3) is 33.8 Å². The van der Waals surface area contributed by atoms with Crippen molar-refractivity contribution in [2.24, 2.45) is 0 Å². The molecule has 1 amide bonds. The van der Waals surface area contributed by atoms with Crippen LogP contribution in [0.5, 0.6) is 0 Å². The number of amides is 1. The zero-order valence-corrected chi connectivity index (χ0v) is 20.8. The number of fused-ring (bicyclic) bond motifs is 2. The van der Waals surface area contributed by atoms with E-state index in [0.29, 0.717) is 17.9 Å². The highest BCUT2D eigenvalue weighted by molar-refractivity contribution is 6.06. The van der Waals surface area contributed by atoms with Crippen molar-refractivity contribution in [1.82, 2.24) is 29.5 Å². The summed E-state index contributed by atoms with van der Waals surface area (Å²) in [6, 6.07) is 6.05. The van der Waals surface area contributed by atoms with Crippen molar-refractivity contribution in [1.29, 1.82) is 0 Å². The first kappa shape index (κ1) is 22.7. The summed E-state index contributed by atoms with van der Waals surface area (Å²) in [4.78, 5) is 35.9. The number of aryl methyl sites for hydroxylation is 2. The Balaban J connectivity index is 1.42. The van der Waals surface area contributed by atoms with Crippen LogP contribution < -0.4 is 5.32 Å². The summed E-state index contributed by atoms with van der Waals surface area (Å²) in [5, 5.41) is 3.08. The van der Waals surface area contributed by atoms with E-state index in [1.807, 2.05) is 26.0 Å². The Labute approximate surface area is 209 Å². The number of aromatic nitrogens is 6. The van der Waals surface area contributed by atoms with Gasteiger partial charge in [-0.2, -0.15) is 0 Å². The number of rotatable bonds is 6. The third kappa shape index (κ3) is 3.65. The van der Waals surface area contributed by atoms with Gasteiger partial charge in [0, 0.05) is 36.8 Å². The van der Waals surface area contributed by atoms with E-state index in [-0.39, 0.29) is 12.0 Å². The first-order chi connectivity index (χ1) is 17.5. The summed E-state index contributed by atoms with van der Waals surface area (Å²) < 4.78 is 7.88. The van der Waals surface area contributed by atoms with Gasteiger partial charge < -0.3 is 14.6 Å². The summed E-state index contributed by atoms with van der Waals surface area (Å²) in [6.07, 6.45) is 9.16. The second-order valence-electron chi connectivity index (χ2n) is 9.81. The number of hydrogen-bond acceptors (Lipinski definition) is 7. The molecule has 0 bridgehead atoms. The van der Waals surface area contributed by atoms with Gasteiger partial charge in [-0.15, -0.1) is 0 Å². The first-order valence-electron chi connectivity index (χ1n) is 12.6. The van der Waals surface area contributed by atoms with Crippen molar-refractivity contribution < 1.29 is 9.53 Å². The lowest BCUT2D eigenvalue weighted by Crippen LogP contribution is -2.32. The Morgan fingerprint density at radius 1 is 1.17 bits per heavy atom. The predicted octanol–water partition coefficient (Wildman–Crippen LogP) is 4.45. The van der Waals surface area contributed by atoms with Crippen LogP contribution in [0, 0.1) is 6.92 Å². The molecule has 2 aliphatic heterocycles. The average molecular weight is 484 g/mol. The van der Waals surface area contributed by atoms with Crippen molar-refractivity contribution >= 4 is 22.8 Å². The number of ether oxygens (including phenoxy) is 1. The minimum absolute atomic E-state index is 0.0393. The summed E-state index contributed by atoms with van der Waals surface area (Å²) >= 11 is 0. The lowest BCUT2D eigenvalue weighted by molar-refractivity contribution is -0.120. The molecule has 1 N–H and O–H groups in total. The molecule has 3 aromatic heterocycles. The maximum Gasteiger partial charge on any atom is 0.234 e. The van der Waals surface area contributed by atoms with Crippen molar-refractivity contribution in [2.45, 2.75) is 64.5 Å². The Kier molecular flexibility index (Phi) is 5.52. The number of anilines is 1. The molecule has 4 aromatic rings. The normalized spacial score (nSPS) is 21.2. The Morgan fingerprint density at radius 3 is 2.75 bits per heavy atom. The van der Waals surface area contributed by atoms with Gasteiger partial charge in [-0.1, -0.05) is 6.07 Å². The molecule has 184 valence electrons. The van der Waals surface area contributed by atoms with Crippen molar-refractivity contribution in [2.75, 3.05) is 11.9 Å². The highest BCUT2D eigenvalue weighted by Crippen LogP contribution is 2.44. The smallest absolute Gasteiger partial charge is 0.234 e. The number of imidazole rings is 1. The molecule has 1 saturated heterocycles. The highest BCUT2D eigenvalue weighted by Gasteiger charge is 2.43. The maximum absolute atomic E-state index is 13.1. The molecule has 36 heavy (non-hydrogen) atoms. The topological polar surface area (TPSA) is 108 Å². The SMILES string of the molecule is CCn1c(-c2cnc(C)nc2)nc2c(-c3ccc4c(c3)C(C)(CC[C@H]3CCCO3)C(=O)N4)ncnc21. The number of carbonyl (C=O) groups excluding carboxylic acids is 1. The third-order valence-corrected chi connectivity index (χ3v) is 7.51. The van der Waals surface area contributed by atoms with Crippen molar-refractivity contribution in [3.63, 3.8) is 0 Å². The van der Waals surface area contributed by atoms with Gasteiger partial charge in [0.1, 0.15) is 29.2 Å². The van der Waals surface area contributed by atoms with Crippen LogP contribution in [0.15, 0.2) is 36.9 Å². The van der Waals surface area contributed by atoms with E-state index in [9.17, 15) is 4.79 Å². The van der Waals surface area contributed by atoms with Crippen LogP contribution in [0.2, 0.25) is 0 Å². The lowest BCUT2D eigenvalue weighted by Gasteiger charge is -2.24. The predicted molar refractivity (Wildman–Crippen MR) is 136 cm³/mol. The summed E-state index contributed by atoms with van der Waals surface area (Å²) in [6.45, 7) is 7.47. The molecule has 9 heteroatoms. The molecule has 0 radical (unpaired) electrons. The molecular weight excluding hydrogens is 454 g/mol. The zero-order valence-electron chi connectivity index (χ0n) is 20.8. The molecule has 6 rings (SSSR count). The molecule has 9 nitrogen and oxygen atoms in total. The molecular formula is C27H29N7O2. The molecule has 5 heterocycles. The molecule has 2 atom stereocenters. The van der Waals surface area contributed by atoms with Gasteiger partial charge in [-0.05, 0) is 64.2 Å². The van der Waals surface area contributed by atoms with Gasteiger partial charge in [0.15, 0.2) is 5.65 Å². The monoisotopic (exact) mass is 483 g/mol. The Bertz CT molecular complexity index is 1460. The number of hydrogen-bond donors (Lipinski definition) is 1. The van der Waals surface area contributed by atoms with Crippen molar-refractivity contribution in [3.05, 3.63) is 48.3 Å². The van der Waals surface area contributed by atoms with Crippen LogP contribution in [0.4, 0.5) is 5.69 Å². The molecule has 0 spiro atoms. The van der Waals surface area contributed by atoms with Gasteiger partial charge in [0.05, 0.1) is 17.1 Å². The quantitative estimate of drug-likeness (QED) is 0.432. The maximum atomic E-state index is 13.1. The van der Waals surface area contributed by atoms with Crippen LogP contribution in [-0.4, -0.2) is 48.1 Å². The van der Waals surface area contributed by atoms with Crippen LogP contribution in [0.3, 0.4) is 0 Å². The fourth-order valence-corrected chi connectivity index (χ4v) is 5.39. The van der Waals surface area contributed by atoms with E-state index in [1.54, 1.807) is 18.7 Å². The standard InChI is InChI=1S/C27H29N7O2/c1-4-34-24(18-13-28-16(2)29-14-18)33-23-22(30-15-31-25(23)34)17-7-8-21-20(12-17)27(3,26(35)32-21)10-9-19-6-5-11-36-19/h7-8,12-15,19H,4-6,9-11H2,1-3H3,(H,32,35)/t19-,27?/m1/s1. The van der Waals surface area contributed by atoms with E-state index < -0.39 is 5.41 Å². The zero-order chi connectivity index (χ0) is 24.9. The second-order valence-corrected chi connectivity index (χ2v) is 9.81. The molecule has 0 aliphatic carbocycles. The fraction of sp³-hybridized carbons (Fsp3) is 0.407. The van der Waals surface area contributed by atoms with Gasteiger partial charge in [0.25, 0.3) is 0 Å². The molecule has 1 fully saturated rings. The van der Waals surface area contributed by atoms with E-state index in [2.05, 4.69) is 42.8 Å². The number of benzene rings is 1. The number of nitrogens with one attached hydrogen (secondary N) is 1. The van der Waals surface area contributed by atoms with E-state index >= 15 is 0 Å². The van der Waals surface area contributed by atoms with Gasteiger partial charge >= 0.3 is 0 Å². The number of nitrogens with zero attached hydrogens (tertiary/aromatic N) is 6.